The van der Waals surface area contributed by atoms with Gasteiger partial charge < -0.3 is 0 Å². The molecule has 0 aliphatic rings. The van der Waals surface area contributed by atoms with Gasteiger partial charge >= 0.3 is 30.5 Å². The van der Waals surface area contributed by atoms with Crippen molar-refractivity contribution >= 4 is 0 Å². The highest BCUT2D eigenvalue weighted by Crippen LogP contribution is 2.45. The molecule has 1 unspecified atom stereocenters. The third-order valence-electron chi connectivity index (χ3n) is 1.41. The Balaban J connectivity index is 5.70. The van der Waals surface area contributed by atoms with Crippen molar-refractivity contribution in [1.29, 1.82) is 5.26 Å². The molecule has 0 radical (unpaired) electrons. The Morgan fingerprint density at radius 3 is 1.52 bits per heavy atom. The van der Waals surface area contributed by atoms with Crippen LogP contribution in [0.15, 0.2) is 11.9 Å². The van der Waals surface area contributed by atoms with Crippen LogP contribution >= 0.6 is 0 Å². The first kappa shape index (κ1) is 19.4. The summed E-state index contributed by atoms with van der Waals surface area (Å²) in [5.74, 6) is -3.97. The van der Waals surface area contributed by atoms with E-state index in [2.05, 4.69) is 4.74 Å². The SMILES string of the molecule is N#CC(F)(F)OC(F)(OC(F)(F)C(F)=C(F)F)C(F)(F)F. The number of nitriles is 1. The van der Waals surface area contributed by atoms with Gasteiger partial charge in [0.1, 0.15) is 0 Å². The van der Waals surface area contributed by atoms with Gasteiger partial charge in [-0.1, -0.05) is 0 Å². The summed E-state index contributed by atoms with van der Waals surface area (Å²) in [6, 6.07) is -6.82. The average molecular weight is 339 g/mol. The van der Waals surface area contributed by atoms with Gasteiger partial charge in [0.05, 0.1) is 0 Å². The second kappa shape index (κ2) is 5.64. The monoisotopic (exact) mass is 339 g/mol. The van der Waals surface area contributed by atoms with E-state index in [-0.39, 0.29) is 6.07 Å². The minimum absolute atomic E-state index is 0.368. The van der Waals surface area contributed by atoms with Crippen molar-refractivity contribution in [2.75, 3.05) is 0 Å². The van der Waals surface area contributed by atoms with Gasteiger partial charge in [-0.15, -0.1) is 0 Å². The fourth-order valence-electron chi connectivity index (χ4n) is 0.644. The number of halogens is 11. The lowest BCUT2D eigenvalue weighted by Crippen LogP contribution is -2.53. The molecule has 0 aromatic carbocycles. The predicted molar refractivity (Wildman–Crippen MR) is 37.9 cm³/mol. The van der Waals surface area contributed by atoms with E-state index >= 15 is 0 Å². The zero-order valence-corrected chi connectivity index (χ0v) is 8.92. The summed E-state index contributed by atoms with van der Waals surface area (Å²) in [7, 11) is 0. The summed E-state index contributed by atoms with van der Waals surface area (Å²) in [6.45, 7) is 0. The topological polar surface area (TPSA) is 42.2 Å². The fourth-order valence-corrected chi connectivity index (χ4v) is 0.644. The lowest BCUT2D eigenvalue weighted by atomic mass is 10.5. The minimum atomic E-state index is -6.82. The average Bonchev–Trinajstić information content (AvgIpc) is 2.24. The van der Waals surface area contributed by atoms with Gasteiger partial charge in [0.25, 0.3) is 5.83 Å². The Morgan fingerprint density at radius 1 is 0.810 bits per heavy atom. The van der Waals surface area contributed by atoms with Gasteiger partial charge in [-0.05, 0) is 0 Å². The Hall–Kier alpha value is -1.62. The van der Waals surface area contributed by atoms with Crippen LogP contribution in [-0.2, 0) is 9.47 Å². The van der Waals surface area contributed by atoms with Gasteiger partial charge in [-0.25, -0.2) is 9.47 Å². The zero-order valence-electron chi connectivity index (χ0n) is 8.92. The molecule has 0 aromatic heterocycles. The molecule has 3 nitrogen and oxygen atoms in total. The summed E-state index contributed by atoms with van der Waals surface area (Å²) < 4.78 is 138. The molecule has 0 aliphatic heterocycles. The molecule has 1 atom stereocenters. The smallest absolute Gasteiger partial charge is 0.245 e. The van der Waals surface area contributed by atoms with Gasteiger partial charge in [0, 0.05) is 0 Å². The molecule has 14 heteroatoms. The van der Waals surface area contributed by atoms with Crippen molar-refractivity contribution in [2.45, 2.75) is 24.4 Å². The summed E-state index contributed by atoms with van der Waals surface area (Å²) in [4.78, 5) is 0. The molecule has 0 rings (SSSR count). The van der Waals surface area contributed by atoms with Crippen molar-refractivity contribution in [3.05, 3.63) is 11.9 Å². The standard InChI is InChI=1S/C7F11NO2/c8-2(3(9)10)5(13,14)21-7(18,6(15,16)17)20-4(11,12)1-19. The van der Waals surface area contributed by atoms with E-state index in [4.69, 9.17) is 5.26 Å². The van der Waals surface area contributed by atoms with Crippen molar-refractivity contribution in [2.24, 2.45) is 0 Å². The molecular weight excluding hydrogens is 339 g/mol. The van der Waals surface area contributed by atoms with Crippen molar-refractivity contribution < 1.29 is 57.8 Å². The molecule has 0 N–H and O–H groups in total. The second-order valence-electron chi connectivity index (χ2n) is 2.96. The van der Waals surface area contributed by atoms with Crippen LogP contribution in [-0.4, -0.2) is 24.4 Å². The van der Waals surface area contributed by atoms with Crippen LogP contribution < -0.4 is 0 Å². The molecule has 0 aromatic rings. The third kappa shape index (κ3) is 4.70. The minimum Gasteiger partial charge on any atom is -0.245 e. The zero-order chi connectivity index (χ0) is 17.3. The molecule has 21 heavy (non-hydrogen) atoms. The Labute approximate surface area is 107 Å². The van der Waals surface area contributed by atoms with E-state index < -0.39 is 36.3 Å². The lowest BCUT2D eigenvalue weighted by Gasteiger charge is -2.30. The van der Waals surface area contributed by atoms with E-state index in [0.29, 0.717) is 0 Å². The van der Waals surface area contributed by atoms with Crippen molar-refractivity contribution in [3.8, 4) is 6.07 Å². The van der Waals surface area contributed by atoms with E-state index in [1.54, 1.807) is 0 Å². The molecule has 122 valence electrons. The summed E-state index contributed by atoms with van der Waals surface area (Å²) in [5, 5.41) is 7.61. The van der Waals surface area contributed by atoms with E-state index in [9.17, 15) is 48.3 Å². The Kier molecular flexibility index (Phi) is 5.20. The summed E-state index contributed by atoms with van der Waals surface area (Å²) in [6.07, 6.45) is -22.7. The van der Waals surface area contributed by atoms with E-state index in [0.717, 1.165) is 0 Å². The number of alkyl halides is 8. The molecule has 0 amide bonds. The van der Waals surface area contributed by atoms with Crippen LogP contribution in [0.5, 0.6) is 0 Å². The van der Waals surface area contributed by atoms with Crippen LogP contribution in [0.4, 0.5) is 48.3 Å². The van der Waals surface area contributed by atoms with Crippen molar-refractivity contribution in [3.63, 3.8) is 0 Å². The Morgan fingerprint density at radius 2 is 1.24 bits per heavy atom. The Bertz CT molecular complexity index is 460. The first-order valence-corrected chi connectivity index (χ1v) is 4.12. The predicted octanol–water partition coefficient (Wildman–Crippen LogP) is 3.99. The highest BCUT2D eigenvalue weighted by Gasteiger charge is 2.69. The number of nitrogens with zero attached hydrogens (tertiary/aromatic N) is 1. The van der Waals surface area contributed by atoms with E-state index in [1.165, 1.54) is 0 Å². The van der Waals surface area contributed by atoms with E-state index in [1.807, 2.05) is 4.74 Å². The molecule has 0 aliphatic carbocycles. The highest BCUT2D eigenvalue weighted by atomic mass is 19.4. The molecule has 0 heterocycles. The molecule has 0 saturated heterocycles. The second-order valence-corrected chi connectivity index (χ2v) is 2.96. The maximum absolute atomic E-state index is 13.0. The molecular formula is C7F11NO2. The van der Waals surface area contributed by atoms with Crippen molar-refractivity contribution in [1.82, 2.24) is 0 Å². The number of rotatable bonds is 5. The molecule has 0 saturated carbocycles. The maximum Gasteiger partial charge on any atom is 0.478 e. The van der Waals surface area contributed by atoms with Crippen LogP contribution in [0, 0.1) is 11.3 Å². The summed E-state index contributed by atoms with van der Waals surface area (Å²) in [5.41, 5.74) is 0. The maximum atomic E-state index is 13.0. The first-order chi connectivity index (χ1) is 9.08. The quantitative estimate of drug-likeness (QED) is 0.562. The number of ether oxygens (including phenoxy) is 2. The largest absolute Gasteiger partial charge is 0.478 e. The number of hydrogen-bond acceptors (Lipinski definition) is 3. The van der Waals surface area contributed by atoms with Crippen LogP contribution in [0.25, 0.3) is 0 Å². The number of hydrogen-bond donors (Lipinski definition) is 0. The van der Waals surface area contributed by atoms with Crippen LogP contribution in [0.3, 0.4) is 0 Å². The highest BCUT2D eigenvalue weighted by molar-refractivity contribution is 5.00. The normalized spacial score (nSPS) is 16.1. The lowest BCUT2D eigenvalue weighted by molar-refractivity contribution is -0.520. The van der Waals surface area contributed by atoms with Gasteiger partial charge in [-0.2, -0.15) is 53.6 Å². The molecule has 0 bridgehead atoms. The molecule has 0 spiro atoms. The van der Waals surface area contributed by atoms with Gasteiger partial charge in [0.15, 0.2) is 6.07 Å². The van der Waals surface area contributed by atoms with Gasteiger partial charge in [0.2, 0.25) is 0 Å². The third-order valence-corrected chi connectivity index (χ3v) is 1.41. The van der Waals surface area contributed by atoms with Gasteiger partial charge in [-0.3, -0.25) is 0 Å². The summed E-state index contributed by atoms with van der Waals surface area (Å²) >= 11 is 0. The van der Waals surface area contributed by atoms with Crippen LogP contribution in [0.1, 0.15) is 0 Å². The molecule has 0 fully saturated rings. The van der Waals surface area contributed by atoms with Crippen LogP contribution in [0.2, 0.25) is 0 Å². The fraction of sp³-hybridized carbons (Fsp3) is 0.571. The first-order valence-electron chi connectivity index (χ1n) is 4.12.